The van der Waals surface area contributed by atoms with Crippen LogP contribution in [-0.2, 0) is 12.8 Å². The second-order valence-electron chi connectivity index (χ2n) is 6.98. The van der Waals surface area contributed by atoms with Crippen LogP contribution in [0.3, 0.4) is 0 Å². The molecule has 2 aromatic rings. The van der Waals surface area contributed by atoms with Crippen molar-refractivity contribution < 1.29 is 4.79 Å². The van der Waals surface area contributed by atoms with Crippen LogP contribution in [-0.4, -0.2) is 25.4 Å². The molecule has 2 N–H and O–H groups in total. The Balaban J connectivity index is 1.47. The molecule has 0 aliphatic heterocycles. The standard InChI is InChI=1S/C24H32N2O/c1-20(26-19-16-23-11-13-24(14-12-23)21(2)27)15-18-25-17-7-6-10-22-8-4-3-5-9-22/h3-5,8-9,11-14,25-26H,1,6-7,10,15-19H2,2H3. The maximum Gasteiger partial charge on any atom is 0.159 e. The quantitative estimate of drug-likeness (QED) is 0.405. The van der Waals surface area contributed by atoms with Crippen molar-refractivity contribution in [3.63, 3.8) is 0 Å². The molecule has 0 atom stereocenters. The highest BCUT2D eigenvalue weighted by atomic mass is 16.1. The largest absolute Gasteiger partial charge is 0.388 e. The first-order valence-electron chi connectivity index (χ1n) is 9.91. The predicted molar refractivity (Wildman–Crippen MR) is 114 cm³/mol. The van der Waals surface area contributed by atoms with Crippen LogP contribution in [0, 0.1) is 0 Å². The van der Waals surface area contributed by atoms with Crippen LogP contribution in [0.1, 0.15) is 47.7 Å². The molecule has 0 unspecified atom stereocenters. The Hall–Kier alpha value is -2.39. The fraction of sp³-hybridized carbons (Fsp3) is 0.375. The van der Waals surface area contributed by atoms with Crippen molar-refractivity contribution in [2.24, 2.45) is 0 Å². The number of unbranched alkanes of at least 4 members (excludes halogenated alkanes) is 1. The summed E-state index contributed by atoms with van der Waals surface area (Å²) in [5.74, 6) is 0.112. The highest BCUT2D eigenvalue weighted by Gasteiger charge is 2.00. The summed E-state index contributed by atoms with van der Waals surface area (Å²) >= 11 is 0. The van der Waals surface area contributed by atoms with E-state index in [0.717, 1.165) is 50.2 Å². The Kier molecular flexibility index (Phi) is 9.36. The third-order valence-electron chi connectivity index (χ3n) is 4.66. The zero-order valence-electron chi connectivity index (χ0n) is 16.5. The van der Waals surface area contributed by atoms with Gasteiger partial charge in [-0.3, -0.25) is 4.79 Å². The molecule has 0 heterocycles. The molecule has 2 rings (SSSR count). The van der Waals surface area contributed by atoms with Gasteiger partial charge in [0.15, 0.2) is 5.78 Å². The molecule has 0 amide bonds. The van der Waals surface area contributed by atoms with Gasteiger partial charge >= 0.3 is 0 Å². The Morgan fingerprint density at radius 1 is 0.852 bits per heavy atom. The van der Waals surface area contributed by atoms with Crippen molar-refractivity contribution >= 4 is 5.78 Å². The van der Waals surface area contributed by atoms with Crippen LogP contribution < -0.4 is 10.6 Å². The molecule has 2 aromatic carbocycles. The van der Waals surface area contributed by atoms with E-state index in [1.54, 1.807) is 6.92 Å². The van der Waals surface area contributed by atoms with E-state index in [4.69, 9.17) is 0 Å². The molecule has 144 valence electrons. The minimum Gasteiger partial charge on any atom is -0.388 e. The molecule has 0 spiro atoms. The molecule has 3 heteroatoms. The van der Waals surface area contributed by atoms with Crippen molar-refractivity contribution in [1.29, 1.82) is 0 Å². The predicted octanol–water partition coefficient (Wildman–Crippen LogP) is 4.54. The zero-order valence-corrected chi connectivity index (χ0v) is 16.5. The smallest absolute Gasteiger partial charge is 0.159 e. The fourth-order valence-corrected chi connectivity index (χ4v) is 2.97. The van der Waals surface area contributed by atoms with Gasteiger partial charge in [0, 0.05) is 24.4 Å². The summed E-state index contributed by atoms with van der Waals surface area (Å²) in [5, 5.41) is 6.89. The van der Waals surface area contributed by atoms with Crippen molar-refractivity contribution in [2.75, 3.05) is 19.6 Å². The number of aryl methyl sites for hydroxylation is 1. The fourth-order valence-electron chi connectivity index (χ4n) is 2.97. The van der Waals surface area contributed by atoms with Crippen LogP contribution in [0.5, 0.6) is 0 Å². The van der Waals surface area contributed by atoms with Gasteiger partial charge in [-0.25, -0.2) is 0 Å². The van der Waals surface area contributed by atoms with E-state index >= 15 is 0 Å². The maximum absolute atomic E-state index is 11.3. The first-order valence-corrected chi connectivity index (χ1v) is 9.91. The highest BCUT2D eigenvalue weighted by molar-refractivity contribution is 5.93. The Bertz CT molecular complexity index is 692. The average molecular weight is 365 g/mol. The third kappa shape index (κ3) is 8.69. The number of carbonyl (C=O) groups is 1. The van der Waals surface area contributed by atoms with Gasteiger partial charge in [-0.2, -0.15) is 0 Å². The molecule has 0 saturated heterocycles. The number of rotatable bonds is 13. The van der Waals surface area contributed by atoms with E-state index in [2.05, 4.69) is 47.5 Å². The molecule has 0 aromatic heterocycles. The maximum atomic E-state index is 11.3. The SMILES string of the molecule is C=C(CCNCCCCc1ccccc1)NCCc1ccc(C(C)=O)cc1. The number of Topliss-reactive ketones (excluding diaryl/α,β-unsaturated/α-hetero) is 1. The molecule has 0 bridgehead atoms. The summed E-state index contributed by atoms with van der Waals surface area (Å²) in [5.41, 5.74) is 4.50. The van der Waals surface area contributed by atoms with Gasteiger partial charge in [0.25, 0.3) is 0 Å². The van der Waals surface area contributed by atoms with Crippen molar-refractivity contribution in [3.8, 4) is 0 Å². The van der Waals surface area contributed by atoms with Crippen LogP contribution >= 0.6 is 0 Å². The van der Waals surface area contributed by atoms with Gasteiger partial charge in [-0.05, 0) is 56.7 Å². The topological polar surface area (TPSA) is 41.1 Å². The van der Waals surface area contributed by atoms with E-state index in [1.807, 2.05) is 24.3 Å². The molecule has 27 heavy (non-hydrogen) atoms. The summed E-state index contributed by atoms with van der Waals surface area (Å²) in [7, 11) is 0. The number of ketones is 1. The van der Waals surface area contributed by atoms with E-state index in [1.165, 1.54) is 24.0 Å². The van der Waals surface area contributed by atoms with Gasteiger partial charge in [0.05, 0.1) is 0 Å². The van der Waals surface area contributed by atoms with Gasteiger partial charge in [0.1, 0.15) is 0 Å². The molecular formula is C24H32N2O. The van der Waals surface area contributed by atoms with E-state index in [0.29, 0.717) is 0 Å². The molecule has 0 fully saturated rings. The van der Waals surface area contributed by atoms with Crippen LogP contribution in [0.4, 0.5) is 0 Å². The second-order valence-corrected chi connectivity index (χ2v) is 6.98. The lowest BCUT2D eigenvalue weighted by atomic mass is 10.1. The van der Waals surface area contributed by atoms with Gasteiger partial charge in [-0.1, -0.05) is 61.2 Å². The number of carbonyl (C=O) groups excluding carboxylic acids is 1. The summed E-state index contributed by atoms with van der Waals surface area (Å²) < 4.78 is 0. The zero-order chi connectivity index (χ0) is 19.3. The first-order chi connectivity index (χ1) is 13.1. The van der Waals surface area contributed by atoms with E-state index < -0.39 is 0 Å². The summed E-state index contributed by atoms with van der Waals surface area (Å²) in [6.45, 7) is 8.59. The average Bonchev–Trinajstić information content (AvgIpc) is 2.68. The van der Waals surface area contributed by atoms with Crippen LogP contribution in [0.2, 0.25) is 0 Å². The lowest BCUT2D eigenvalue weighted by Crippen LogP contribution is -2.22. The number of nitrogens with one attached hydrogen (secondary N) is 2. The number of benzene rings is 2. The van der Waals surface area contributed by atoms with E-state index in [-0.39, 0.29) is 5.78 Å². The third-order valence-corrected chi connectivity index (χ3v) is 4.66. The summed E-state index contributed by atoms with van der Waals surface area (Å²) in [4.78, 5) is 11.3. The Morgan fingerprint density at radius 2 is 1.56 bits per heavy atom. The monoisotopic (exact) mass is 364 g/mol. The van der Waals surface area contributed by atoms with Crippen molar-refractivity contribution in [3.05, 3.63) is 83.6 Å². The number of hydrogen-bond acceptors (Lipinski definition) is 3. The summed E-state index contributed by atoms with van der Waals surface area (Å²) in [6.07, 6.45) is 5.46. The van der Waals surface area contributed by atoms with Crippen molar-refractivity contribution in [2.45, 2.75) is 39.0 Å². The first kappa shape index (κ1) is 20.9. The molecule has 0 aliphatic carbocycles. The second kappa shape index (κ2) is 12.1. The van der Waals surface area contributed by atoms with Gasteiger partial charge in [-0.15, -0.1) is 0 Å². The van der Waals surface area contributed by atoms with Crippen LogP contribution in [0.25, 0.3) is 0 Å². The van der Waals surface area contributed by atoms with Gasteiger partial charge < -0.3 is 10.6 Å². The molecular weight excluding hydrogens is 332 g/mol. The highest BCUT2D eigenvalue weighted by Crippen LogP contribution is 2.06. The number of hydrogen-bond donors (Lipinski definition) is 2. The molecule has 3 nitrogen and oxygen atoms in total. The molecule has 0 aliphatic rings. The Morgan fingerprint density at radius 3 is 2.26 bits per heavy atom. The molecule has 0 radical (unpaired) electrons. The van der Waals surface area contributed by atoms with E-state index in [9.17, 15) is 4.79 Å². The summed E-state index contributed by atoms with van der Waals surface area (Å²) in [6, 6.07) is 18.5. The van der Waals surface area contributed by atoms with Crippen LogP contribution in [0.15, 0.2) is 66.9 Å². The molecule has 0 saturated carbocycles. The lowest BCUT2D eigenvalue weighted by molar-refractivity contribution is 0.101. The Labute approximate surface area is 163 Å². The van der Waals surface area contributed by atoms with Crippen molar-refractivity contribution in [1.82, 2.24) is 10.6 Å². The van der Waals surface area contributed by atoms with Gasteiger partial charge in [0.2, 0.25) is 0 Å². The lowest BCUT2D eigenvalue weighted by Gasteiger charge is -2.11. The normalized spacial score (nSPS) is 10.6. The minimum atomic E-state index is 0.112. The minimum absolute atomic E-state index is 0.112.